The van der Waals surface area contributed by atoms with Gasteiger partial charge in [-0.2, -0.15) is 0 Å². The number of halogens is 1. The van der Waals surface area contributed by atoms with Gasteiger partial charge in [-0.1, -0.05) is 6.07 Å². The molecule has 3 rings (SSSR count). The van der Waals surface area contributed by atoms with Gasteiger partial charge in [0.25, 0.3) is 0 Å². The molecular formula is C13H17ClOS. The Hall–Kier alpha value is -0.0500. The first-order chi connectivity index (χ1) is 7.84. The zero-order valence-electron chi connectivity index (χ0n) is 9.32. The lowest BCUT2D eigenvalue weighted by Gasteiger charge is -2.32. The monoisotopic (exact) mass is 256 g/mol. The van der Waals surface area contributed by atoms with Crippen LogP contribution in [0, 0.1) is 11.3 Å². The fourth-order valence-electron chi connectivity index (χ4n) is 2.88. The Kier molecular flexibility index (Phi) is 2.99. The summed E-state index contributed by atoms with van der Waals surface area (Å²) in [6.45, 7) is 0.902. The molecule has 2 unspecified atom stereocenters. The molecule has 1 aliphatic carbocycles. The van der Waals surface area contributed by atoms with Crippen LogP contribution in [-0.4, -0.2) is 18.6 Å². The molecule has 2 heterocycles. The molecule has 0 bridgehead atoms. The second-order valence-electron chi connectivity index (χ2n) is 5.13. The van der Waals surface area contributed by atoms with Crippen molar-refractivity contribution >= 4 is 22.9 Å². The maximum absolute atomic E-state index is 6.27. The van der Waals surface area contributed by atoms with E-state index in [-0.39, 0.29) is 5.41 Å². The maximum Gasteiger partial charge on any atom is 0.0675 e. The van der Waals surface area contributed by atoms with Crippen molar-refractivity contribution in [3.8, 4) is 0 Å². The summed E-state index contributed by atoms with van der Waals surface area (Å²) in [6.07, 6.45) is 5.35. The molecular weight excluding hydrogens is 240 g/mol. The van der Waals surface area contributed by atoms with Crippen molar-refractivity contribution in [3.05, 3.63) is 22.4 Å². The van der Waals surface area contributed by atoms with Gasteiger partial charge in [0.2, 0.25) is 0 Å². The molecule has 0 aromatic carbocycles. The molecule has 2 fully saturated rings. The Balaban J connectivity index is 1.80. The summed E-state index contributed by atoms with van der Waals surface area (Å²) in [5.74, 6) is 1.53. The second kappa shape index (κ2) is 4.32. The molecule has 88 valence electrons. The van der Waals surface area contributed by atoms with Gasteiger partial charge in [-0.15, -0.1) is 22.9 Å². The van der Waals surface area contributed by atoms with Crippen molar-refractivity contribution in [1.29, 1.82) is 0 Å². The van der Waals surface area contributed by atoms with Crippen LogP contribution in [0.1, 0.15) is 24.1 Å². The van der Waals surface area contributed by atoms with Gasteiger partial charge in [0.1, 0.15) is 0 Å². The molecule has 0 radical (unpaired) electrons. The lowest BCUT2D eigenvalue weighted by Crippen LogP contribution is -2.36. The van der Waals surface area contributed by atoms with E-state index in [0.29, 0.717) is 6.10 Å². The summed E-state index contributed by atoms with van der Waals surface area (Å²) in [7, 11) is 0. The predicted molar refractivity (Wildman–Crippen MR) is 68.3 cm³/mol. The summed E-state index contributed by atoms with van der Waals surface area (Å²) in [5, 5.41) is 2.15. The van der Waals surface area contributed by atoms with E-state index in [9.17, 15) is 0 Å². The highest BCUT2D eigenvalue weighted by molar-refractivity contribution is 7.09. The first-order valence-electron chi connectivity index (χ1n) is 6.04. The SMILES string of the molecule is ClCC1(Cc2cccs2)CCOC1C1CC1. The highest BCUT2D eigenvalue weighted by atomic mass is 35.5. The Bertz CT molecular complexity index is 347. The number of alkyl halides is 1. The van der Waals surface area contributed by atoms with Crippen molar-refractivity contribution < 1.29 is 4.74 Å². The van der Waals surface area contributed by atoms with Crippen LogP contribution in [0.2, 0.25) is 0 Å². The van der Waals surface area contributed by atoms with Crippen LogP contribution in [0.4, 0.5) is 0 Å². The van der Waals surface area contributed by atoms with Crippen LogP contribution in [0.25, 0.3) is 0 Å². The van der Waals surface area contributed by atoms with Gasteiger partial charge < -0.3 is 4.74 Å². The molecule has 1 aromatic heterocycles. The molecule has 1 saturated carbocycles. The van der Waals surface area contributed by atoms with E-state index in [1.165, 1.54) is 17.7 Å². The Morgan fingerprint density at radius 1 is 1.50 bits per heavy atom. The number of ether oxygens (including phenoxy) is 1. The zero-order valence-corrected chi connectivity index (χ0v) is 10.9. The largest absolute Gasteiger partial charge is 0.377 e. The summed E-state index contributed by atoms with van der Waals surface area (Å²) < 4.78 is 5.95. The highest BCUT2D eigenvalue weighted by Gasteiger charge is 2.50. The zero-order chi connectivity index (χ0) is 11.0. The van der Waals surface area contributed by atoms with Gasteiger partial charge in [0.15, 0.2) is 0 Å². The van der Waals surface area contributed by atoms with E-state index >= 15 is 0 Å². The third-order valence-corrected chi connectivity index (χ3v) is 5.33. The van der Waals surface area contributed by atoms with Crippen molar-refractivity contribution in [3.63, 3.8) is 0 Å². The lowest BCUT2D eigenvalue weighted by atomic mass is 9.77. The number of hydrogen-bond donors (Lipinski definition) is 0. The molecule has 3 heteroatoms. The third kappa shape index (κ3) is 1.92. The van der Waals surface area contributed by atoms with Crippen LogP contribution in [0.3, 0.4) is 0 Å². The predicted octanol–water partition coefficient (Wildman–Crippen LogP) is 3.71. The Morgan fingerprint density at radius 3 is 3.00 bits per heavy atom. The van der Waals surface area contributed by atoms with E-state index in [4.69, 9.17) is 16.3 Å². The van der Waals surface area contributed by atoms with Crippen LogP contribution in [0.5, 0.6) is 0 Å². The number of rotatable bonds is 4. The maximum atomic E-state index is 6.27. The third-order valence-electron chi connectivity index (χ3n) is 3.92. The van der Waals surface area contributed by atoms with Crippen LogP contribution >= 0.6 is 22.9 Å². The first-order valence-corrected chi connectivity index (χ1v) is 7.45. The van der Waals surface area contributed by atoms with Gasteiger partial charge in [-0.05, 0) is 43.0 Å². The Labute approximate surface area is 106 Å². The quantitative estimate of drug-likeness (QED) is 0.747. The lowest BCUT2D eigenvalue weighted by molar-refractivity contribution is 0.0406. The molecule has 1 saturated heterocycles. The van der Waals surface area contributed by atoms with Crippen LogP contribution < -0.4 is 0 Å². The molecule has 2 atom stereocenters. The average molecular weight is 257 g/mol. The Morgan fingerprint density at radius 2 is 2.38 bits per heavy atom. The van der Waals surface area contributed by atoms with Crippen molar-refractivity contribution in [2.45, 2.75) is 31.8 Å². The van der Waals surface area contributed by atoms with Gasteiger partial charge in [0, 0.05) is 22.8 Å². The summed E-state index contributed by atoms with van der Waals surface area (Å²) in [5.41, 5.74) is 0.216. The standard InChI is InChI=1S/C13H17ClOS/c14-9-13(8-11-2-1-7-16-11)5-6-15-12(13)10-3-4-10/h1-2,7,10,12H,3-6,8-9H2. The van der Waals surface area contributed by atoms with E-state index in [2.05, 4.69) is 17.5 Å². The molecule has 0 spiro atoms. The first kappa shape index (κ1) is 11.1. The summed E-state index contributed by atoms with van der Waals surface area (Å²) >= 11 is 8.12. The van der Waals surface area contributed by atoms with E-state index in [1.807, 2.05) is 11.3 Å². The molecule has 1 nitrogen and oxygen atoms in total. The van der Waals surface area contributed by atoms with Gasteiger partial charge >= 0.3 is 0 Å². The van der Waals surface area contributed by atoms with Gasteiger partial charge in [-0.3, -0.25) is 0 Å². The highest BCUT2D eigenvalue weighted by Crippen LogP contribution is 2.50. The molecule has 16 heavy (non-hydrogen) atoms. The van der Waals surface area contributed by atoms with E-state index < -0.39 is 0 Å². The molecule has 1 aromatic rings. The van der Waals surface area contributed by atoms with Crippen molar-refractivity contribution in [2.24, 2.45) is 11.3 Å². The van der Waals surface area contributed by atoms with Crippen molar-refractivity contribution in [1.82, 2.24) is 0 Å². The minimum absolute atomic E-state index is 0.216. The molecule has 1 aliphatic heterocycles. The minimum atomic E-state index is 0.216. The average Bonchev–Trinajstić information content (AvgIpc) is 2.86. The molecule has 2 aliphatic rings. The topological polar surface area (TPSA) is 9.23 Å². The van der Waals surface area contributed by atoms with Crippen LogP contribution in [-0.2, 0) is 11.2 Å². The number of thiophene rings is 1. The normalized spacial score (nSPS) is 34.4. The summed E-state index contributed by atoms with van der Waals surface area (Å²) in [6, 6.07) is 4.35. The van der Waals surface area contributed by atoms with E-state index in [0.717, 1.165) is 31.2 Å². The second-order valence-corrected chi connectivity index (χ2v) is 6.43. The fourth-order valence-corrected chi connectivity index (χ4v) is 4.12. The van der Waals surface area contributed by atoms with Crippen LogP contribution in [0.15, 0.2) is 17.5 Å². The minimum Gasteiger partial charge on any atom is -0.377 e. The summed E-state index contributed by atoms with van der Waals surface area (Å²) in [4.78, 5) is 1.46. The van der Waals surface area contributed by atoms with E-state index in [1.54, 1.807) is 0 Å². The van der Waals surface area contributed by atoms with Gasteiger partial charge in [-0.25, -0.2) is 0 Å². The molecule has 0 N–H and O–H groups in total. The fraction of sp³-hybridized carbons (Fsp3) is 0.692. The van der Waals surface area contributed by atoms with Crippen molar-refractivity contribution in [2.75, 3.05) is 12.5 Å². The smallest absolute Gasteiger partial charge is 0.0675 e. The number of hydrogen-bond acceptors (Lipinski definition) is 2. The molecule has 0 amide bonds. The van der Waals surface area contributed by atoms with Gasteiger partial charge in [0.05, 0.1) is 6.10 Å².